The third kappa shape index (κ3) is 4.37. The first kappa shape index (κ1) is 16.1. The van der Waals surface area contributed by atoms with Crippen LogP contribution in [-0.2, 0) is 12.2 Å². The van der Waals surface area contributed by atoms with Gasteiger partial charge in [0, 0.05) is 0 Å². The Hall–Kier alpha value is -1.23. The molecule has 0 atom stereocenters. The molecule has 0 heterocycles. The van der Waals surface area contributed by atoms with Gasteiger partial charge in [-0.15, -0.1) is 0 Å². The highest BCUT2D eigenvalue weighted by Gasteiger charge is 2.28. The number of aryl methyl sites for hydroxylation is 2. The van der Waals surface area contributed by atoms with Crippen LogP contribution in [0.3, 0.4) is 0 Å². The van der Waals surface area contributed by atoms with Crippen molar-refractivity contribution in [1.82, 2.24) is 0 Å². The smallest absolute Gasteiger partial charge is 0.307 e. The first-order valence-electron chi connectivity index (χ1n) is 6.08. The molecule has 0 aliphatic carbocycles. The lowest BCUT2D eigenvalue weighted by Crippen LogP contribution is -2.01. The van der Waals surface area contributed by atoms with Crippen LogP contribution in [0.15, 0.2) is 36.4 Å². The second kappa shape index (κ2) is 6.26. The van der Waals surface area contributed by atoms with Gasteiger partial charge in [-0.3, -0.25) is 0 Å². The Labute approximate surface area is 134 Å². The van der Waals surface area contributed by atoms with Crippen molar-refractivity contribution in [2.75, 3.05) is 0 Å². The lowest BCUT2D eigenvalue weighted by atomic mass is 10.2. The van der Waals surface area contributed by atoms with Crippen LogP contribution in [0.1, 0.15) is 11.1 Å². The third-order valence-electron chi connectivity index (χ3n) is 2.66. The molecule has 21 heavy (non-hydrogen) atoms. The molecule has 2 N–H and O–H groups in total. The molecule has 0 spiro atoms. The normalized spacial score (nSPS) is 11.2. The zero-order valence-electron chi connectivity index (χ0n) is 11.5. The van der Waals surface area contributed by atoms with Crippen LogP contribution in [0.4, 0.5) is 0 Å². The van der Waals surface area contributed by atoms with E-state index in [1.54, 1.807) is 36.4 Å². The number of phenols is 2. The van der Waals surface area contributed by atoms with Crippen LogP contribution in [0.2, 0.25) is 0 Å². The zero-order valence-corrected chi connectivity index (χ0v) is 14.1. The van der Waals surface area contributed by atoms with Crippen molar-refractivity contribution < 1.29 is 19.3 Å². The first-order chi connectivity index (χ1) is 9.77. The summed E-state index contributed by atoms with van der Waals surface area (Å²) in [6, 6.07) is 9.87. The van der Waals surface area contributed by atoms with E-state index in [2.05, 4.69) is 12.2 Å². The Bertz CT molecular complexity index is 606. The Morgan fingerprint density at radius 2 is 1.29 bits per heavy atom. The first-order valence-corrected chi connectivity index (χ1v) is 9.87. The minimum absolute atomic E-state index is 0.0324. The van der Waals surface area contributed by atoms with Crippen molar-refractivity contribution >= 4 is 30.6 Å². The summed E-state index contributed by atoms with van der Waals surface area (Å²) in [4.78, 5) is 0. The van der Waals surface area contributed by atoms with E-state index in [1.807, 2.05) is 13.8 Å². The topological polar surface area (TPSA) is 58.9 Å². The average Bonchev–Trinajstić information content (AvgIpc) is 2.36. The van der Waals surface area contributed by atoms with E-state index >= 15 is 0 Å². The van der Waals surface area contributed by atoms with E-state index in [0.29, 0.717) is 0 Å². The van der Waals surface area contributed by atoms with Crippen LogP contribution in [0, 0.1) is 13.8 Å². The fourth-order valence-electron chi connectivity index (χ4n) is 1.68. The van der Waals surface area contributed by atoms with E-state index < -0.39 is 6.12 Å². The summed E-state index contributed by atoms with van der Waals surface area (Å²) in [7, 11) is 0. The average molecular weight is 342 g/mol. The number of aromatic hydroxyl groups is 2. The van der Waals surface area contributed by atoms with E-state index in [4.69, 9.17) is 21.3 Å². The zero-order chi connectivity index (χ0) is 15.6. The van der Waals surface area contributed by atoms with Gasteiger partial charge in [0.1, 0.15) is 0 Å². The van der Waals surface area contributed by atoms with Gasteiger partial charge in [0.15, 0.2) is 11.5 Å². The highest BCUT2D eigenvalue weighted by atomic mass is 33.1. The maximum Gasteiger partial charge on any atom is 0.307 e. The standard InChI is InChI=1S/C14H15O4PS2/c1-9-3-5-13(11(15)7-9)17-19(20,21)18-14-6-4-10(2)8-12(14)16/h3-8,15-16H,1-2H3,(H,20,21). The van der Waals surface area contributed by atoms with Gasteiger partial charge in [-0.1, -0.05) is 12.1 Å². The molecule has 2 aromatic rings. The summed E-state index contributed by atoms with van der Waals surface area (Å²) in [5.41, 5.74) is 1.79. The van der Waals surface area contributed by atoms with Crippen molar-refractivity contribution in [3.63, 3.8) is 0 Å². The van der Waals surface area contributed by atoms with Crippen molar-refractivity contribution in [3.05, 3.63) is 47.5 Å². The fraction of sp³-hybridized carbons (Fsp3) is 0.143. The molecule has 0 unspecified atom stereocenters. The van der Waals surface area contributed by atoms with E-state index in [9.17, 15) is 10.2 Å². The lowest BCUT2D eigenvalue weighted by Gasteiger charge is -2.24. The summed E-state index contributed by atoms with van der Waals surface area (Å²) in [6.07, 6.45) is -3.01. The Balaban J connectivity index is 2.18. The molecule has 0 aliphatic heterocycles. The van der Waals surface area contributed by atoms with Gasteiger partial charge in [-0.25, -0.2) is 0 Å². The maximum atomic E-state index is 9.82. The SMILES string of the molecule is Cc1ccc(O[P+]([S-])(S)Oc2ccc(C)cc2O)c(O)c1. The van der Waals surface area contributed by atoms with E-state index in [1.165, 1.54) is 0 Å². The molecule has 0 aromatic heterocycles. The van der Waals surface area contributed by atoms with Gasteiger partial charge in [0.25, 0.3) is 0 Å². The molecule has 0 aliphatic rings. The van der Waals surface area contributed by atoms with Gasteiger partial charge in [0.2, 0.25) is 11.5 Å². The summed E-state index contributed by atoms with van der Waals surface area (Å²) in [5.74, 6) is 0.334. The largest absolute Gasteiger partial charge is 0.504 e. The van der Waals surface area contributed by atoms with Crippen molar-refractivity contribution in [3.8, 4) is 23.0 Å². The highest BCUT2D eigenvalue weighted by Crippen LogP contribution is 2.63. The summed E-state index contributed by atoms with van der Waals surface area (Å²) < 4.78 is 11.0. The lowest BCUT2D eigenvalue weighted by molar-refractivity contribution is 0.417. The van der Waals surface area contributed by atoms with Crippen LogP contribution < -0.4 is 9.05 Å². The molecule has 0 bridgehead atoms. The Kier molecular flexibility index (Phi) is 4.81. The maximum absolute atomic E-state index is 9.82. The van der Waals surface area contributed by atoms with Crippen molar-refractivity contribution in [2.45, 2.75) is 13.8 Å². The van der Waals surface area contributed by atoms with Crippen LogP contribution in [-0.4, -0.2) is 10.2 Å². The van der Waals surface area contributed by atoms with E-state index in [0.717, 1.165) is 11.1 Å². The molecule has 7 heteroatoms. The monoisotopic (exact) mass is 342 g/mol. The van der Waals surface area contributed by atoms with Crippen molar-refractivity contribution in [2.24, 2.45) is 0 Å². The van der Waals surface area contributed by atoms with E-state index in [-0.39, 0.29) is 23.0 Å². The van der Waals surface area contributed by atoms with Gasteiger partial charge in [0.05, 0.1) is 12.2 Å². The van der Waals surface area contributed by atoms with Crippen LogP contribution in [0.5, 0.6) is 23.0 Å². The minimum Gasteiger partial charge on any atom is -0.504 e. The number of thiol groups is 1. The molecular weight excluding hydrogens is 327 g/mol. The molecule has 2 aromatic carbocycles. The molecule has 0 saturated carbocycles. The molecular formula is C14H15O4PS2. The highest BCUT2D eigenvalue weighted by molar-refractivity contribution is 8.76. The molecule has 112 valence electrons. The van der Waals surface area contributed by atoms with Crippen LogP contribution >= 0.6 is 18.4 Å². The van der Waals surface area contributed by atoms with Gasteiger partial charge < -0.3 is 31.5 Å². The summed E-state index contributed by atoms with van der Waals surface area (Å²) >= 11 is 9.42. The van der Waals surface area contributed by atoms with Crippen molar-refractivity contribution in [1.29, 1.82) is 0 Å². The minimum atomic E-state index is -3.01. The molecule has 0 radical (unpaired) electrons. The number of phenolic OH excluding ortho intramolecular Hbond substituents is 2. The quantitative estimate of drug-likeness (QED) is 0.439. The fourth-order valence-corrected chi connectivity index (χ4v) is 3.53. The predicted molar refractivity (Wildman–Crippen MR) is 90.2 cm³/mol. The number of hydrogen-bond donors (Lipinski definition) is 3. The summed E-state index contributed by atoms with van der Waals surface area (Å²) in [5, 5.41) is 19.6. The molecule has 0 fully saturated rings. The number of benzene rings is 2. The van der Waals surface area contributed by atoms with Gasteiger partial charge in [-0.05, 0) is 49.2 Å². The van der Waals surface area contributed by atoms with Gasteiger partial charge >= 0.3 is 6.12 Å². The Morgan fingerprint density at radius 1 is 0.905 bits per heavy atom. The predicted octanol–water partition coefficient (Wildman–Crippen LogP) is 4.33. The Morgan fingerprint density at radius 3 is 1.62 bits per heavy atom. The van der Waals surface area contributed by atoms with Gasteiger partial charge in [-0.2, -0.15) is 0 Å². The number of rotatable bonds is 4. The third-order valence-corrected chi connectivity index (χ3v) is 4.45. The second-order valence-electron chi connectivity index (χ2n) is 4.59. The summed E-state index contributed by atoms with van der Waals surface area (Å²) in [6.45, 7) is 3.70. The number of hydrogen-bond acceptors (Lipinski definition) is 6. The molecule has 0 saturated heterocycles. The van der Waals surface area contributed by atoms with Crippen LogP contribution in [0.25, 0.3) is 0 Å². The molecule has 4 nitrogen and oxygen atoms in total. The second-order valence-corrected chi connectivity index (χ2v) is 9.73. The molecule has 0 amide bonds. The molecule has 2 rings (SSSR count).